The van der Waals surface area contributed by atoms with Crippen LogP contribution in [0.2, 0.25) is 0 Å². The Balaban J connectivity index is 3.08. The zero-order chi connectivity index (χ0) is 11.4. The molecule has 0 fully saturated rings. The first-order valence-electron chi connectivity index (χ1n) is 4.55. The van der Waals surface area contributed by atoms with Crippen LogP contribution in [0.15, 0.2) is 11.4 Å². The number of thiophene rings is 1. The van der Waals surface area contributed by atoms with Crippen LogP contribution in [0.1, 0.15) is 23.5 Å². The average Bonchev–Trinajstić information content (AvgIpc) is 2.66. The Morgan fingerprint density at radius 2 is 2.20 bits per heavy atom. The first kappa shape index (κ1) is 11.7. The molecule has 15 heavy (non-hydrogen) atoms. The number of nitrogens with zero attached hydrogens (tertiary/aromatic N) is 1. The number of anilines is 1. The van der Waals surface area contributed by atoms with Gasteiger partial charge in [0.25, 0.3) is 0 Å². The predicted octanol–water partition coefficient (Wildman–Crippen LogP) is 1.91. The third kappa shape index (κ3) is 2.36. The molecule has 0 radical (unpaired) electrons. The van der Waals surface area contributed by atoms with Crippen LogP contribution in [-0.2, 0) is 9.53 Å². The number of ether oxygens (including phenoxy) is 1. The van der Waals surface area contributed by atoms with Gasteiger partial charge in [-0.1, -0.05) is 0 Å². The number of methoxy groups -OCH3 is 1. The molecule has 0 aliphatic carbocycles. The lowest BCUT2D eigenvalue weighted by atomic mass is 10.3. The zero-order valence-corrected chi connectivity index (χ0v) is 9.76. The Hall–Kier alpha value is -1.36. The number of hydrogen-bond acceptors (Lipinski definition) is 4. The first-order valence-corrected chi connectivity index (χ1v) is 5.43. The summed E-state index contributed by atoms with van der Waals surface area (Å²) in [6, 6.07) is 1.75. The maximum absolute atomic E-state index is 11.4. The monoisotopic (exact) mass is 227 g/mol. The fourth-order valence-electron chi connectivity index (χ4n) is 1.32. The summed E-state index contributed by atoms with van der Waals surface area (Å²) in [5, 5.41) is 1.77. The largest absolute Gasteiger partial charge is 0.465 e. The van der Waals surface area contributed by atoms with Crippen molar-refractivity contribution in [3.8, 4) is 0 Å². The topological polar surface area (TPSA) is 46.6 Å². The van der Waals surface area contributed by atoms with E-state index in [1.807, 2.05) is 6.92 Å². The van der Waals surface area contributed by atoms with Gasteiger partial charge < -0.3 is 9.64 Å². The smallest absolute Gasteiger partial charge is 0.350 e. The molecule has 0 N–H and O–H groups in total. The van der Waals surface area contributed by atoms with E-state index in [0.717, 1.165) is 0 Å². The molecule has 1 heterocycles. The molecule has 0 atom stereocenters. The van der Waals surface area contributed by atoms with E-state index in [0.29, 0.717) is 17.1 Å². The van der Waals surface area contributed by atoms with Gasteiger partial charge in [-0.25, -0.2) is 4.79 Å². The summed E-state index contributed by atoms with van der Waals surface area (Å²) in [7, 11) is 1.33. The molecule has 82 valence electrons. The molecular weight excluding hydrogens is 214 g/mol. The van der Waals surface area contributed by atoms with E-state index in [4.69, 9.17) is 0 Å². The summed E-state index contributed by atoms with van der Waals surface area (Å²) in [5.74, 6) is -0.485. The molecule has 0 saturated heterocycles. The first-order chi connectivity index (χ1) is 7.11. The Kier molecular flexibility index (Phi) is 3.85. The second-order valence-electron chi connectivity index (χ2n) is 2.89. The molecule has 1 rings (SSSR count). The van der Waals surface area contributed by atoms with Crippen molar-refractivity contribution < 1.29 is 14.3 Å². The molecule has 0 unspecified atom stereocenters. The molecule has 0 saturated carbocycles. The van der Waals surface area contributed by atoms with Crippen LogP contribution in [-0.4, -0.2) is 25.5 Å². The van der Waals surface area contributed by atoms with Gasteiger partial charge >= 0.3 is 5.97 Å². The molecule has 0 bridgehead atoms. The van der Waals surface area contributed by atoms with Crippen LogP contribution >= 0.6 is 11.3 Å². The highest BCUT2D eigenvalue weighted by atomic mass is 32.1. The molecule has 0 aliphatic heterocycles. The lowest BCUT2D eigenvalue weighted by Gasteiger charge is -2.18. The number of hydrogen-bond donors (Lipinski definition) is 0. The van der Waals surface area contributed by atoms with Crippen LogP contribution in [0, 0.1) is 0 Å². The van der Waals surface area contributed by atoms with Crippen molar-refractivity contribution in [2.45, 2.75) is 13.8 Å². The van der Waals surface area contributed by atoms with Crippen LogP contribution in [0.3, 0.4) is 0 Å². The van der Waals surface area contributed by atoms with Crippen molar-refractivity contribution in [1.82, 2.24) is 0 Å². The van der Waals surface area contributed by atoms with Crippen LogP contribution < -0.4 is 4.90 Å². The fraction of sp³-hybridized carbons (Fsp3) is 0.400. The highest BCUT2D eigenvalue weighted by molar-refractivity contribution is 7.12. The van der Waals surface area contributed by atoms with Crippen molar-refractivity contribution in [1.29, 1.82) is 0 Å². The maximum Gasteiger partial charge on any atom is 0.350 e. The highest BCUT2D eigenvalue weighted by Crippen LogP contribution is 2.27. The normalized spacial score (nSPS) is 9.80. The average molecular weight is 227 g/mol. The van der Waals surface area contributed by atoms with E-state index in [9.17, 15) is 9.59 Å². The van der Waals surface area contributed by atoms with Gasteiger partial charge in [0.1, 0.15) is 4.88 Å². The van der Waals surface area contributed by atoms with Gasteiger partial charge in [-0.2, -0.15) is 0 Å². The van der Waals surface area contributed by atoms with Crippen molar-refractivity contribution in [2.24, 2.45) is 0 Å². The molecule has 1 aromatic rings. The molecule has 1 amide bonds. The van der Waals surface area contributed by atoms with Gasteiger partial charge in [0.05, 0.1) is 12.8 Å². The number of rotatable bonds is 3. The van der Waals surface area contributed by atoms with Gasteiger partial charge in [-0.3, -0.25) is 4.79 Å². The lowest BCUT2D eigenvalue weighted by Crippen LogP contribution is -2.28. The molecule has 0 aliphatic rings. The van der Waals surface area contributed by atoms with Gasteiger partial charge in [0.2, 0.25) is 5.91 Å². The summed E-state index contributed by atoms with van der Waals surface area (Å²) < 4.78 is 4.64. The van der Waals surface area contributed by atoms with E-state index in [1.165, 1.54) is 25.4 Å². The van der Waals surface area contributed by atoms with Crippen LogP contribution in [0.25, 0.3) is 0 Å². The summed E-state index contributed by atoms with van der Waals surface area (Å²) in [6.07, 6.45) is 0. The number of carbonyl (C=O) groups is 2. The summed E-state index contributed by atoms with van der Waals surface area (Å²) in [4.78, 5) is 24.7. The fourth-order valence-corrected chi connectivity index (χ4v) is 2.13. The quantitative estimate of drug-likeness (QED) is 0.741. The van der Waals surface area contributed by atoms with Crippen molar-refractivity contribution >= 4 is 28.9 Å². The molecule has 0 aromatic carbocycles. The zero-order valence-electron chi connectivity index (χ0n) is 8.94. The van der Waals surface area contributed by atoms with Gasteiger partial charge in [0.15, 0.2) is 0 Å². The van der Waals surface area contributed by atoms with Gasteiger partial charge in [-0.05, 0) is 18.4 Å². The Bertz CT molecular complexity index is 372. The standard InChI is InChI=1S/C10H13NO3S/c1-4-11(7(2)12)8-5-6-15-9(8)10(13)14-3/h5-6H,4H2,1-3H3. The van der Waals surface area contributed by atoms with Gasteiger partial charge in [0, 0.05) is 13.5 Å². The number of carbonyl (C=O) groups excluding carboxylic acids is 2. The van der Waals surface area contributed by atoms with Crippen LogP contribution in [0.4, 0.5) is 5.69 Å². The molecule has 5 heteroatoms. The predicted molar refractivity (Wildman–Crippen MR) is 59.4 cm³/mol. The van der Waals surface area contributed by atoms with E-state index < -0.39 is 5.97 Å². The third-order valence-corrected chi connectivity index (χ3v) is 2.89. The van der Waals surface area contributed by atoms with Crippen molar-refractivity contribution in [3.63, 3.8) is 0 Å². The Morgan fingerprint density at radius 1 is 1.53 bits per heavy atom. The maximum atomic E-state index is 11.4. The van der Waals surface area contributed by atoms with E-state index in [-0.39, 0.29) is 5.91 Å². The highest BCUT2D eigenvalue weighted by Gasteiger charge is 2.19. The molecular formula is C10H13NO3S. The minimum atomic E-state index is -0.403. The lowest BCUT2D eigenvalue weighted by molar-refractivity contribution is -0.116. The third-order valence-electron chi connectivity index (χ3n) is 2.00. The minimum Gasteiger partial charge on any atom is -0.465 e. The summed E-state index contributed by atoms with van der Waals surface area (Å²) in [5.41, 5.74) is 0.627. The molecule has 0 spiro atoms. The van der Waals surface area contributed by atoms with E-state index in [1.54, 1.807) is 16.3 Å². The van der Waals surface area contributed by atoms with Gasteiger partial charge in [-0.15, -0.1) is 11.3 Å². The van der Waals surface area contributed by atoms with E-state index >= 15 is 0 Å². The summed E-state index contributed by atoms with van der Waals surface area (Å²) in [6.45, 7) is 3.87. The van der Waals surface area contributed by atoms with Crippen molar-refractivity contribution in [3.05, 3.63) is 16.3 Å². The Labute approximate surface area is 92.5 Å². The van der Waals surface area contributed by atoms with Crippen molar-refractivity contribution in [2.75, 3.05) is 18.6 Å². The second-order valence-corrected chi connectivity index (χ2v) is 3.81. The second kappa shape index (κ2) is 4.93. The van der Waals surface area contributed by atoms with Crippen LogP contribution in [0.5, 0.6) is 0 Å². The molecule has 1 aromatic heterocycles. The summed E-state index contributed by atoms with van der Waals surface area (Å²) >= 11 is 1.27. The number of amides is 1. The SMILES string of the molecule is CCN(C(C)=O)c1ccsc1C(=O)OC. The molecule has 4 nitrogen and oxygen atoms in total. The minimum absolute atomic E-state index is 0.0824. The number of esters is 1. The van der Waals surface area contributed by atoms with E-state index in [2.05, 4.69) is 4.74 Å². The Morgan fingerprint density at radius 3 is 2.67 bits per heavy atom.